The van der Waals surface area contributed by atoms with E-state index in [1.807, 2.05) is 0 Å². The number of nitrogens with two attached hydrogens (primary N) is 1. The summed E-state index contributed by atoms with van der Waals surface area (Å²) in [7, 11) is 2.17. The third-order valence-corrected chi connectivity index (χ3v) is 4.77. The number of likely N-dealkylation sites (tertiary alicyclic amines) is 1. The number of amides is 1. The van der Waals surface area contributed by atoms with Crippen LogP contribution in [0.3, 0.4) is 0 Å². The van der Waals surface area contributed by atoms with E-state index in [0.29, 0.717) is 0 Å². The van der Waals surface area contributed by atoms with Gasteiger partial charge in [0.25, 0.3) is 0 Å². The van der Waals surface area contributed by atoms with Crippen molar-refractivity contribution < 1.29 is 9.53 Å². The van der Waals surface area contributed by atoms with Crippen LogP contribution in [0.15, 0.2) is 0 Å². The summed E-state index contributed by atoms with van der Waals surface area (Å²) in [4.78, 5) is 14.4. The Morgan fingerprint density at radius 2 is 1.95 bits per heavy atom. The minimum Gasteiger partial charge on any atom is -0.381 e. The van der Waals surface area contributed by atoms with E-state index < -0.39 is 0 Å². The standard InChI is InChI=1S/C15H29N3O2/c1-18-8-3-12(4-9-18)2-7-17-15(19)14(16)13-5-10-20-11-6-13/h12-14H,2-11,16H2,1H3,(H,17,19). The van der Waals surface area contributed by atoms with Crippen LogP contribution in [0.1, 0.15) is 32.1 Å². The van der Waals surface area contributed by atoms with E-state index in [9.17, 15) is 4.79 Å². The summed E-state index contributed by atoms with van der Waals surface area (Å²) < 4.78 is 5.31. The third-order valence-electron chi connectivity index (χ3n) is 4.77. The lowest BCUT2D eigenvalue weighted by Crippen LogP contribution is -2.47. The van der Waals surface area contributed by atoms with Gasteiger partial charge in [0.2, 0.25) is 5.91 Å². The maximum Gasteiger partial charge on any atom is 0.237 e. The average molecular weight is 283 g/mol. The molecule has 0 bridgehead atoms. The second-order valence-corrected chi connectivity index (χ2v) is 6.30. The average Bonchev–Trinajstić information content (AvgIpc) is 2.49. The first-order valence-electron chi connectivity index (χ1n) is 7.96. The highest BCUT2D eigenvalue weighted by Crippen LogP contribution is 2.19. The van der Waals surface area contributed by atoms with Gasteiger partial charge in [0.1, 0.15) is 0 Å². The molecule has 2 aliphatic heterocycles. The smallest absolute Gasteiger partial charge is 0.237 e. The Morgan fingerprint density at radius 3 is 2.60 bits per heavy atom. The lowest BCUT2D eigenvalue weighted by atomic mass is 9.91. The van der Waals surface area contributed by atoms with Gasteiger partial charge >= 0.3 is 0 Å². The highest BCUT2D eigenvalue weighted by atomic mass is 16.5. The van der Waals surface area contributed by atoms with Crippen molar-refractivity contribution in [1.29, 1.82) is 0 Å². The Hall–Kier alpha value is -0.650. The number of nitrogens with zero attached hydrogens (tertiary/aromatic N) is 1. The molecule has 0 aromatic carbocycles. The Bertz CT molecular complexity index is 297. The molecule has 0 spiro atoms. The van der Waals surface area contributed by atoms with Gasteiger partial charge in [-0.2, -0.15) is 0 Å². The lowest BCUT2D eigenvalue weighted by molar-refractivity contribution is -0.124. The first-order chi connectivity index (χ1) is 9.66. The summed E-state index contributed by atoms with van der Waals surface area (Å²) in [6.07, 6.45) is 5.39. The molecule has 2 aliphatic rings. The van der Waals surface area contributed by atoms with Gasteiger partial charge in [0.05, 0.1) is 6.04 Å². The maximum atomic E-state index is 12.1. The minimum atomic E-state index is -0.364. The lowest BCUT2D eigenvalue weighted by Gasteiger charge is -2.29. The Labute approximate surface area is 122 Å². The number of ether oxygens (including phenoxy) is 1. The monoisotopic (exact) mass is 283 g/mol. The summed E-state index contributed by atoms with van der Waals surface area (Å²) >= 11 is 0. The van der Waals surface area contributed by atoms with Crippen LogP contribution in [0, 0.1) is 11.8 Å². The molecule has 0 saturated carbocycles. The fraction of sp³-hybridized carbons (Fsp3) is 0.933. The molecule has 5 nitrogen and oxygen atoms in total. The molecule has 1 unspecified atom stereocenters. The van der Waals surface area contributed by atoms with Crippen molar-refractivity contribution in [2.24, 2.45) is 17.6 Å². The number of piperidine rings is 1. The van der Waals surface area contributed by atoms with Gasteiger partial charge in [-0.3, -0.25) is 4.79 Å². The minimum absolute atomic E-state index is 0.0184. The number of nitrogens with one attached hydrogen (secondary N) is 1. The highest BCUT2D eigenvalue weighted by molar-refractivity contribution is 5.81. The summed E-state index contributed by atoms with van der Waals surface area (Å²) in [5.74, 6) is 1.06. The second kappa shape index (κ2) is 7.96. The van der Waals surface area contributed by atoms with Crippen molar-refractivity contribution in [2.75, 3.05) is 39.9 Å². The third kappa shape index (κ3) is 4.72. The van der Waals surface area contributed by atoms with Crippen molar-refractivity contribution in [3.63, 3.8) is 0 Å². The summed E-state index contributed by atoms with van der Waals surface area (Å²) in [6.45, 7) is 4.60. The zero-order valence-corrected chi connectivity index (χ0v) is 12.6. The number of hydrogen-bond donors (Lipinski definition) is 2. The fourth-order valence-corrected chi connectivity index (χ4v) is 3.16. The molecule has 1 atom stereocenters. The molecule has 116 valence electrons. The summed E-state index contributed by atoms with van der Waals surface area (Å²) in [5.41, 5.74) is 6.06. The number of rotatable bonds is 5. The molecule has 5 heteroatoms. The van der Waals surface area contributed by atoms with Crippen LogP contribution in [0.25, 0.3) is 0 Å². The normalized spacial score (nSPS) is 24.5. The number of carbonyl (C=O) groups is 1. The topological polar surface area (TPSA) is 67.6 Å². The van der Waals surface area contributed by atoms with Crippen LogP contribution in [0.5, 0.6) is 0 Å². The molecule has 2 heterocycles. The van der Waals surface area contributed by atoms with Gasteiger partial charge in [0.15, 0.2) is 0 Å². The molecule has 0 aromatic rings. The van der Waals surface area contributed by atoms with Crippen LogP contribution < -0.4 is 11.1 Å². The van der Waals surface area contributed by atoms with Gasteiger partial charge in [-0.1, -0.05) is 0 Å². The molecule has 20 heavy (non-hydrogen) atoms. The van der Waals surface area contributed by atoms with E-state index in [1.165, 1.54) is 25.9 Å². The molecular weight excluding hydrogens is 254 g/mol. The predicted octanol–water partition coefficient (Wildman–Crippen LogP) is 0.588. The van der Waals surface area contributed by atoms with Crippen LogP contribution in [0.2, 0.25) is 0 Å². The first-order valence-corrected chi connectivity index (χ1v) is 7.96. The molecular formula is C15H29N3O2. The summed E-state index contributed by atoms with van der Waals surface area (Å²) in [5, 5.41) is 3.02. The van der Waals surface area contributed by atoms with E-state index in [4.69, 9.17) is 10.5 Å². The van der Waals surface area contributed by atoms with E-state index in [1.54, 1.807) is 0 Å². The van der Waals surface area contributed by atoms with Crippen LogP contribution in [-0.2, 0) is 9.53 Å². The molecule has 3 N–H and O–H groups in total. The first kappa shape index (κ1) is 15.7. The SMILES string of the molecule is CN1CCC(CCNC(=O)C(N)C2CCOCC2)CC1. The zero-order chi connectivity index (χ0) is 14.4. The van der Waals surface area contributed by atoms with Crippen LogP contribution >= 0.6 is 0 Å². The molecule has 1 amide bonds. The van der Waals surface area contributed by atoms with Crippen LogP contribution in [0.4, 0.5) is 0 Å². The van der Waals surface area contributed by atoms with Crippen molar-refractivity contribution in [1.82, 2.24) is 10.2 Å². The van der Waals surface area contributed by atoms with Gasteiger partial charge in [-0.05, 0) is 64.1 Å². The Morgan fingerprint density at radius 1 is 1.30 bits per heavy atom. The van der Waals surface area contributed by atoms with Crippen LogP contribution in [-0.4, -0.2) is 56.7 Å². The molecule has 0 aliphatic carbocycles. The largest absolute Gasteiger partial charge is 0.381 e. The fourth-order valence-electron chi connectivity index (χ4n) is 3.16. The van der Waals surface area contributed by atoms with Gasteiger partial charge in [-0.25, -0.2) is 0 Å². The molecule has 2 saturated heterocycles. The number of hydrogen-bond acceptors (Lipinski definition) is 4. The molecule has 2 rings (SSSR count). The van der Waals surface area contributed by atoms with Gasteiger partial charge in [0, 0.05) is 19.8 Å². The van der Waals surface area contributed by atoms with Crippen molar-refractivity contribution in [3.8, 4) is 0 Å². The van der Waals surface area contributed by atoms with Gasteiger partial charge < -0.3 is 20.7 Å². The number of carbonyl (C=O) groups excluding carboxylic acids is 1. The Balaban J connectivity index is 1.61. The zero-order valence-electron chi connectivity index (χ0n) is 12.6. The quantitative estimate of drug-likeness (QED) is 0.775. The summed E-state index contributed by atoms with van der Waals surface area (Å²) in [6, 6.07) is -0.364. The highest BCUT2D eigenvalue weighted by Gasteiger charge is 2.26. The predicted molar refractivity (Wildman–Crippen MR) is 79.4 cm³/mol. The second-order valence-electron chi connectivity index (χ2n) is 6.30. The van der Waals surface area contributed by atoms with E-state index in [-0.39, 0.29) is 17.9 Å². The van der Waals surface area contributed by atoms with E-state index in [0.717, 1.165) is 44.9 Å². The molecule has 2 fully saturated rings. The van der Waals surface area contributed by atoms with E-state index >= 15 is 0 Å². The van der Waals surface area contributed by atoms with Gasteiger partial charge in [-0.15, -0.1) is 0 Å². The maximum absolute atomic E-state index is 12.1. The van der Waals surface area contributed by atoms with Crippen molar-refractivity contribution in [2.45, 2.75) is 38.1 Å². The van der Waals surface area contributed by atoms with Crippen molar-refractivity contribution in [3.05, 3.63) is 0 Å². The van der Waals surface area contributed by atoms with E-state index in [2.05, 4.69) is 17.3 Å². The molecule has 0 aromatic heterocycles. The Kier molecular flexibility index (Phi) is 6.26. The van der Waals surface area contributed by atoms with Crippen molar-refractivity contribution >= 4 is 5.91 Å². The molecule has 0 radical (unpaired) electrons.